The van der Waals surface area contributed by atoms with E-state index in [0.29, 0.717) is 5.56 Å². The molecule has 106 valence electrons. The second kappa shape index (κ2) is 6.65. The SMILES string of the molecule is COC(=O)Cc1ccc(S(=O)(=O)NCC(C)O)cc1. The Morgan fingerprint density at radius 2 is 1.95 bits per heavy atom. The van der Waals surface area contributed by atoms with E-state index in [-0.39, 0.29) is 23.8 Å². The van der Waals surface area contributed by atoms with E-state index in [9.17, 15) is 13.2 Å². The van der Waals surface area contributed by atoms with E-state index in [1.807, 2.05) is 0 Å². The summed E-state index contributed by atoms with van der Waals surface area (Å²) in [6.45, 7) is 1.44. The number of aliphatic hydroxyl groups excluding tert-OH is 1. The Morgan fingerprint density at radius 1 is 1.37 bits per heavy atom. The monoisotopic (exact) mass is 287 g/mol. The van der Waals surface area contributed by atoms with E-state index >= 15 is 0 Å². The molecule has 1 atom stereocenters. The maximum atomic E-state index is 11.8. The first kappa shape index (κ1) is 15.6. The summed E-state index contributed by atoms with van der Waals surface area (Å²) in [5, 5.41) is 9.05. The molecule has 1 aromatic rings. The maximum absolute atomic E-state index is 11.8. The first-order chi connectivity index (χ1) is 8.85. The van der Waals surface area contributed by atoms with Crippen LogP contribution in [0.25, 0.3) is 0 Å². The number of rotatable bonds is 6. The quantitative estimate of drug-likeness (QED) is 0.722. The highest BCUT2D eigenvalue weighted by Crippen LogP contribution is 2.11. The molecule has 0 saturated carbocycles. The van der Waals surface area contributed by atoms with Gasteiger partial charge in [0.25, 0.3) is 0 Å². The van der Waals surface area contributed by atoms with E-state index in [1.54, 1.807) is 12.1 Å². The number of nitrogens with one attached hydrogen (secondary N) is 1. The Hall–Kier alpha value is -1.44. The van der Waals surface area contributed by atoms with Crippen LogP contribution >= 0.6 is 0 Å². The number of carbonyl (C=O) groups is 1. The Kier molecular flexibility index (Phi) is 5.46. The number of benzene rings is 1. The normalized spacial score (nSPS) is 13.0. The van der Waals surface area contributed by atoms with Gasteiger partial charge < -0.3 is 9.84 Å². The van der Waals surface area contributed by atoms with Crippen LogP contribution in [0.3, 0.4) is 0 Å². The summed E-state index contributed by atoms with van der Waals surface area (Å²) in [6, 6.07) is 5.91. The molecule has 0 fully saturated rings. The molecule has 1 aromatic carbocycles. The molecule has 0 bridgehead atoms. The van der Waals surface area contributed by atoms with Gasteiger partial charge in [0.2, 0.25) is 10.0 Å². The number of sulfonamides is 1. The second-order valence-electron chi connectivity index (χ2n) is 4.10. The molecular weight excluding hydrogens is 270 g/mol. The van der Waals surface area contributed by atoms with Gasteiger partial charge in [0.1, 0.15) is 0 Å². The van der Waals surface area contributed by atoms with E-state index in [4.69, 9.17) is 5.11 Å². The van der Waals surface area contributed by atoms with Gasteiger partial charge >= 0.3 is 5.97 Å². The molecule has 1 unspecified atom stereocenters. The van der Waals surface area contributed by atoms with Crippen molar-refractivity contribution in [2.24, 2.45) is 0 Å². The Balaban J connectivity index is 2.78. The molecule has 2 N–H and O–H groups in total. The number of methoxy groups -OCH3 is 1. The van der Waals surface area contributed by atoms with Crippen LogP contribution in [-0.4, -0.2) is 39.3 Å². The summed E-state index contributed by atoms with van der Waals surface area (Å²) in [4.78, 5) is 11.1. The molecular formula is C12H17NO5S. The molecule has 1 rings (SSSR count). The van der Waals surface area contributed by atoms with E-state index in [2.05, 4.69) is 9.46 Å². The van der Waals surface area contributed by atoms with Gasteiger partial charge in [0.05, 0.1) is 24.5 Å². The molecule has 0 saturated heterocycles. The van der Waals surface area contributed by atoms with Crippen molar-refractivity contribution in [1.29, 1.82) is 0 Å². The molecule has 0 aliphatic carbocycles. The average molecular weight is 287 g/mol. The van der Waals surface area contributed by atoms with Crippen LogP contribution in [0.2, 0.25) is 0 Å². The van der Waals surface area contributed by atoms with Gasteiger partial charge in [0, 0.05) is 6.54 Å². The number of hydrogen-bond donors (Lipinski definition) is 2. The minimum atomic E-state index is -3.63. The number of aliphatic hydroxyl groups is 1. The lowest BCUT2D eigenvalue weighted by Gasteiger charge is -2.08. The van der Waals surface area contributed by atoms with Crippen molar-refractivity contribution in [2.75, 3.05) is 13.7 Å². The van der Waals surface area contributed by atoms with Crippen LogP contribution in [0.15, 0.2) is 29.2 Å². The predicted octanol–water partition coefficient (Wildman–Crippen LogP) is 0.0612. The van der Waals surface area contributed by atoms with Gasteiger partial charge in [-0.3, -0.25) is 4.79 Å². The lowest BCUT2D eigenvalue weighted by molar-refractivity contribution is -0.139. The van der Waals surface area contributed by atoms with Crippen molar-refractivity contribution in [2.45, 2.75) is 24.3 Å². The molecule has 19 heavy (non-hydrogen) atoms. The van der Waals surface area contributed by atoms with E-state index in [1.165, 1.54) is 26.2 Å². The molecule has 0 spiro atoms. The molecule has 6 nitrogen and oxygen atoms in total. The maximum Gasteiger partial charge on any atom is 0.309 e. The van der Waals surface area contributed by atoms with Crippen LogP contribution in [0.4, 0.5) is 0 Å². The Labute approximate surface area is 112 Å². The lowest BCUT2D eigenvalue weighted by Crippen LogP contribution is -2.30. The van der Waals surface area contributed by atoms with Gasteiger partial charge in [0.15, 0.2) is 0 Å². The second-order valence-corrected chi connectivity index (χ2v) is 5.86. The molecule has 0 radical (unpaired) electrons. The minimum Gasteiger partial charge on any atom is -0.469 e. The summed E-state index contributed by atoms with van der Waals surface area (Å²) in [5.74, 6) is -0.386. The molecule has 0 amide bonds. The average Bonchev–Trinajstić information content (AvgIpc) is 2.37. The third kappa shape index (κ3) is 4.98. The van der Waals surface area contributed by atoms with Crippen LogP contribution in [0, 0.1) is 0 Å². The van der Waals surface area contributed by atoms with E-state index in [0.717, 1.165) is 0 Å². The topological polar surface area (TPSA) is 92.7 Å². The summed E-state index contributed by atoms with van der Waals surface area (Å²) in [7, 11) is -2.34. The van der Waals surface area contributed by atoms with Gasteiger partial charge in [-0.25, -0.2) is 13.1 Å². The number of esters is 1. The van der Waals surface area contributed by atoms with Crippen LogP contribution in [0.5, 0.6) is 0 Å². The Morgan fingerprint density at radius 3 is 2.42 bits per heavy atom. The number of ether oxygens (including phenoxy) is 1. The lowest BCUT2D eigenvalue weighted by atomic mass is 10.2. The predicted molar refractivity (Wildman–Crippen MR) is 69.0 cm³/mol. The summed E-state index contributed by atoms with van der Waals surface area (Å²) >= 11 is 0. The van der Waals surface area contributed by atoms with Crippen molar-refractivity contribution in [3.05, 3.63) is 29.8 Å². The standard InChI is InChI=1S/C12H17NO5S/c1-9(14)8-13-19(16,17)11-5-3-10(4-6-11)7-12(15)18-2/h3-6,9,13-14H,7-8H2,1-2H3. The smallest absolute Gasteiger partial charge is 0.309 e. The van der Waals surface area contributed by atoms with Crippen molar-refractivity contribution < 1.29 is 23.1 Å². The fourth-order valence-electron chi connectivity index (χ4n) is 1.34. The summed E-state index contributed by atoms with van der Waals surface area (Å²) in [6.07, 6.45) is -0.661. The van der Waals surface area contributed by atoms with Crippen LogP contribution in [-0.2, 0) is 26.0 Å². The molecule has 7 heteroatoms. The largest absolute Gasteiger partial charge is 0.469 e. The molecule has 0 aliphatic rings. The summed E-state index contributed by atoms with van der Waals surface area (Å²) in [5.41, 5.74) is 0.668. The Bertz CT molecular complexity index is 522. The highest BCUT2D eigenvalue weighted by Gasteiger charge is 2.14. The van der Waals surface area contributed by atoms with Crippen molar-refractivity contribution in [3.8, 4) is 0 Å². The van der Waals surface area contributed by atoms with E-state index < -0.39 is 16.1 Å². The van der Waals surface area contributed by atoms with Gasteiger partial charge in [-0.05, 0) is 24.6 Å². The first-order valence-corrected chi connectivity index (χ1v) is 7.17. The third-order valence-corrected chi connectivity index (χ3v) is 3.82. The number of carbonyl (C=O) groups excluding carboxylic acids is 1. The van der Waals surface area contributed by atoms with Crippen molar-refractivity contribution >= 4 is 16.0 Å². The molecule has 0 heterocycles. The highest BCUT2D eigenvalue weighted by atomic mass is 32.2. The third-order valence-electron chi connectivity index (χ3n) is 2.38. The fraction of sp³-hybridized carbons (Fsp3) is 0.417. The zero-order valence-electron chi connectivity index (χ0n) is 10.8. The molecule has 0 aromatic heterocycles. The minimum absolute atomic E-state index is 0.0494. The highest BCUT2D eigenvalue weighted by molar-refractivity contribution is 7.89. The van der Waals surface area contributed by atoms with Gasteiger partial charge in [-0.15, -0.1) is 0 Å². The van der Waals surface area contributed by atoms with Gasteiger partial charge in [-0.1, -0.05) is 12.1 Å². The van der Waals surface area contributed by atoms with Crippen LogP contribution < -0.4 is 4.72 Å². The van der Waals surface area contributed by atoms with Crippen molar-refractivity contribution in [3.63, 3.8) is 0 Å². The van der Waals surface area contributed by atoms with Crippen LogP contribution in [0.1, 0.15) is 12.5 Å². The van der Waals surface area contributed by atoms with Crippen molar-refractivity contribution in [1.82, 2.24) is 4.72 Å². The zero-order valence-corrected chi connectivity index (χ0v) is 11.6. The zero-order chi connectivity index (χ0) is 14.5. The fourth-order valence-corrected chi connectivity index (χ4v) is 2.46. The molecule has 0 aliphatic heterocycles. The van der Waals surface area contributed by atoms with Gasteiger partial charge in [-0.2, -0.15) is 0 Å². The first-order valence-electron chi connectivity index (χ1n) is 5.68. The summed E-state index contributed by atoms with van der Waals surface area (Å²) < 4.78 is 30.4. The number of hydrogen-bond acceptors (Lipinski definition) is 5.